The molecule has 0 spiro atoms. The lowest BCUT2D eigenvalue weighted by atomic mass is 10.00. The zero-order chi connectivity index (χ0) is 12.8. The first kappa shape index (κ1) is 13.9. The van der Waals surface area contributed by atoms with Gasteiger partial charge in [-0.1, -0.05) is 35.0 Å². The van der Waals surface area contributed by atoms with Crippen molar-refractivity contribution >= 4 is 27.7 Å². The van der Waals surface area contributed by atoms with Gasteiger partial charge in [0, 0.05) is 16.5 Å². The fourth-order valence-corrected chi connectivity index (χ4v) is 2.20. The number of hydrogen-bond donors (Lipinski definition) is 0. The average molecular weight is 299 g/mol. The first-order valence-electron chi connectivity index (χ1n) is 5.56. The molecule has 0 heterocycles. The van der Waals surface area contributed by atoms with Gasteiger partial charge in [-0.25, -0.2) is 0 Å². The summed E-state index contributed by atoms with van der Waals surface area (Å²) in [5.74, 6) is -0.285. The van der Waals surface area contributed by atoms with Crippen LogP contribution in [0.2, 0.25) is 0 Å². The Kier molecular flexibility index (Phi) is 5.35. The van der Waals surface area contributed by atoms with Gasteiger partial charge in [-0.15, -0.1) is 0 Å². The van der Waals surface area contributed by atoms with Gasteiger partial charge in [0.1, 0.15) is 0 Å². The highest BCUT2D eigenvalue weighted by atomic mass is 79.9. The number of halogens is 1. The van der Waals surface area contributed by atoms with Crippen molar-refractivity contribution in [2.24, 2.45) is 0 Å². The summed E-state index contributed by atoms with van der Waals surface area (Å²) in [7, 11) is 0. The topological polar surface area (TPSA) is 43.4 Å². The smallest absolute Gasteiger partial charge is 0.310 e. The fraction of sp³-hybridized carbons (Fsp3) is 0.385. The fourth-order valence-electron chi connectivity index (χ4n) is 1.57. The van der Waals surface area contributed by atoms with Crippen LogP contribution in [0.3, 0.4) is 0 Å². The summed E-state index contributed by atoms with van der Waals surface area (Å²) in [6.45, 7) is 3.91. The molecule has 0 radical (unpaired) electrons. The molecule has 0 unspecified atom stereocenters. The van der Waals surface area contributed by atoms with Crippen molar-refractivity contribution < 1.29 is 14.3 Å². The second kappa shape index (κ2) is 6.55. The predicted molar refractivity (Wildman–Crippen MR) is 69.1 cm³/mol. The van der Waals surface area contributed by atoms with Crippen LogP contribution in [0.15, 0.2) is 22.7 Å². The molecule has 0 N–H and O–H groups in total. The highest BCUT2D eigenvalue weighted by molar-refractivity contribution is 9.10. The third-order valence-electron chi connectivity index (χ3n) is 2.34. The number of benzene rings is 1. The van der Waals surface area contributed by atoms with Crippen LogP contribution >= 0.6 is 15.9 Å². The molecule has 3 nitrogen and oxygen atoms in total. The molecule has 0 saturated heterocycles. The summed E-state index contributed by atoms with van der Waals surface area (Å²) in [6, 6.07) is 5.40. The zero-order valence-corrected chi connectivity index (χ0v) is 11.5. The summed E-state index contributed by atoms with van der Waals surface area (Å²) in [6.07, 6.45) is 0.548. The molecule has 0 atom stereocenters. The first-order chi connectivity index (χ1) is 8.10. The lowest BCUT2D eigenvalue weighted by molar-refractivity contribution is -0.142. The minimum absolute atomic E-state index is 0.0248. The van der Waals surface area contributed by atoms with Gasteiger partial charge in [-0.2, -0.15) is 0 Å². The van der Waals surface area contributed by atoms with E-state index < -0.39 is 0 Å². The maximum Gasteiger partial charge on any atom is 0.310 e. The van der Waals surface area contributed by atoms with E-state index in [2.05, 4.69) is 15.9 Å². The van der Waals surface area contributed by atoms with Crippen molar-refractivity contribution in [2.45, 2.75) is 26.7 Å². The number of esters is 1. The Labute approximate surface area is 109 Å². The number of carbonyl (C=O) groups is 2. The summed E-state index contributed by atoms with van der Waals surface area (Å²) in [5, 5.41) is 0. The van der Waals surface area contributed by atoms with E-state index in [1.54, 1.807) is 26.0 Å². The molecule has 0 bridgehead atoms. The standard InChI is InChI=1S/C13H15BrO3/c1-3-11(15)13-9(6-5-7-10(13)14)8-12(16)17-4-2/h5-7H,3-4,8H2,1-2H3. The molecule has 0 aliphatic heterocycles. The van der Waals surface area contributed by atoms with Crippen LogP contribution in [-0.2, 0) is 16.0 Å². The van der Waals surface area contributed by atoms with Crippen molar-refractivity contribution in [3.63, 3.8) is 0 Å². The molecular formula is C13H15BrO3. The molecule has 0 fully saturated rings. The molecule has 0 amide bonds. The lowest BCUT2D eigenvalue weighted by Gasteiger charge is -2.09. The minimum Gasteiger partial charge on any atom is -0.466 e. The molecule has 17 heavy (non-hydrogen) atoms. The number of ether oxygens (including phenoxy) is 1. The van der Waals surface area contributed by atoms with Crippen molar-refractivity contribution in [2.75, 3.05) is 6.61 Å². The summed E-state index contributed by atoms with van der Waals surface area (Å²) >= 11 is 3.34. The van der Waals surface area contributed by atoms with Crippen molar-refractivity contribution in [1.82, 2.24) is 0 Å². The summed E-state index contributed by atoms with van der Waals surface area (Å²) < 4.78 is 5.62. The molecule has 1 aromatic carbocycles. The molecule has 0 saturated carbocycles. The Morgan fingerprint density at radius 1 is 1.29 bits per heavy atom. The third-order valence-corrected chi connectivity index (χ3v) is 3.00. The molecule has 0 aliphatic rings. The maximum atomic E-state index is 11.8. The van der Waals surface area contributed by atoms with E-state index in [9.17, 15) is 9.59 Å². The third kappa shape index (κ3) is 3.66. The highest BCUT2D eigenvalue weighted by Crippen LogP contribution is 2.23. The molecule has 0 aromatic heterocycles. The quantitative estimate of drug-likeness (QED) is 0.619. The Hall–Kier alpha value is -1.16. The number of carbonyl (C=O) groups excluding carboxylic acids is 2. The first-order valence-corrected chi connectivity index (χ1v) is 6.35. The van der Waals surface area contributed by atoms with Crippen LogP contribution in [0.5, 0.6) is 0 Å². The van der Waals surface area contributed by atoms with E-state index in [1.807, 2.05) is 6.07 Å². The van der Waals surface area contributed by atoms with E-state index in [0.717, 1.165) is 4.47 Å². The van der Waals surface area contributed by atoms with Gasteiger partial charge in [0.25, 0.3) is 0 Å². The number of rotatable bonds is 5. The van der Waals surface area contributed by atoms with Crippen molar-refractivity contribution in [3.05, 3.63) is 33.8 Å². The van der Waals surface area contributed by atoms with E-state index in [0.29, 0.717) is 24.2 Å². The highest BCUT2D eigenvalue weighted by Gasteiger charge is 2.16. The van der Waals surface area contributed by atoms with E-state index in [4.69, 9.17) is 4.74 Å². The number of Topliss-reactive ketones (excluding diaryl/α,β-unsaturated/α-hetero) is 1. The van der Waals surface area contributed by atoms with Crippen molar-refractivity contribution in [1.29, 1.82) is 0 Å². The van der Waals surface area contributed by atoms with Crippen LogP contribution in [0.4, 0.5) is 0 Å². The Balaban J connectivity index is 3.02. The van der Waals surface area contributed by atoms with E-state index >= 15 is 0 Å². The molecule has 0 aliphatic carbocycles. The van der Waals surface area contributed by atoms with Gasteiger partial charge in [0.2, 0.25) is 0 Å². The van der Waals surface area contributed by atoms with Crippen molar-refractivity contribution in [3.8, 4) is 0 Å². The lowest BCUT2D eigenvalue weighted by Crippen LogP contribution is -2.11. The second-order valence-electron chi connectivity index (χ2n) is 3.53. The molecular weight excluding hydrogens is 284 g/mol. The SMILES string of the molecule is CCOC(=O)Cc1cccc(Br)c1C(=O)CC. The normalized spacial score (nSPS) is 10.1. The summed E-state index contributed by atoms with van der Waals surface area (Å²) in [5.41, 5.74) is 1.30. The van der Waals surface area contributed by atoms with Gasteiger partial charge < -0.3 is 4.74 Å². The average Bonchev–Trinajstić information content (AvgIpc) is 2.28. The van der Waals surface area contributed by atoms with E-state index in [-0.39, 0.29) is 18.2 Å². The number of ketones is 1. The monoisotopic (exact) mass is 298 g/mol. The van der Waals surface area contributed by atoms with Gasteiger partial charge in [0.05, 0.1) is 13.0 Å². The van der Waals surface area contributed by atoms with Crippen LogP contribution < -0.4 is 0 Å². The molecule has 1 aromatic rings. The molecule has 4 heteroatoms. The van der Waals surface area contributed by atoms with Gasteiger partial charge in [-0.3, -0.25) is 9.59 Å². The maximum absolute atomic E-state index is 11.8. The largest absolute Gasteiger partial charge is 0.466 e. The minimum atomic E-state index is -0.309. The summed E-state index contributed by atoms with van der Waals surface area (Å²) in [4.78, 5) is 23.3. The number of hydrogen-bond acceptors (Lipinski definition) is 3. The van der Waals surface area contributed by atoms with Crippen LogP contribution in [0.25, 0.3) is 0 Å². The second-order valence-corrected chi connectivity index (χ2v) is 4.39. The van der Waals surface area contributed by atoms with E-state index in [1.165, 1.54) is 0 Å². The van der Waals surface area contributed by atoms with Crippen LogP contribution in [0, 0.1) is 0 Å². The Morgan fingerprint density at radius 3 is 2.59 bits per heavy atom. The Morgan fingerprint density at radius 2 is 2.00 bits per heavy atom. The van der Waals surface area contributed by atoms with Crippen LogP contribution in [0.1, 0.15) is 36.2 Å². The predicted octanol–water partition coefficient (Wildman–Crippen LogP) is 3.15. The van der Waals surface area contributed by atoms with Gasteiger partial charge >= 0.3 is 5.97 Å². The molecule has 1 rings (SSSR count). The zero-order valence-electron chi connectivity index (χ0n) is 9.96. The Bertz CT molecular complexity index is 427. The van der Waals surface area contributed by atoms with Gasteiger partial charge in [-0.05, 0) is 18.6 Å². The molecule has 92 valence electrons. The van der Waals surface area contributed by atoms with Gasteiger partial charge in [0.15, 0.2) is 5.78 Å². The van der Waals surface area contributed by atoms with Crippen LogP contribution in [-0.4, -0.2) is 18.4 Å².